The van der Waals surface area contributed by atoms with Crippen LogP contribution in [-0.2, 0) is 320 Å². The zero-order chi connectivity index (χ0) is 51.2. The highest BCUT2D eigenvalue weighted by Gasteiger charge is 2.22. The first kappa shape index (κ1) is 70.4. The van der Waals surface area contributed by atoms with Crippen molar-refractivity contribution >= 4 is 362 Å². The summed E-state index contributed by atoms with van der Waals surface area (Å²) < 4.78 is 16.7. The van der Waals surface area contributed by atoms with E-state index in [-0.39, 0.29) is 12.5 Å². The van der Waals surface area contributed by atoms with Crippen LogP contribution >= 0.6 is 43.5 Å². The van der Waals surface area contributed by atoms with E-state index < -0.39 is 0 Å². The zero-order valence-corrected chi connectivity index (χ0v) is 63.4. The topological polar surface area (TPSA) is 82.1 Å². The van der Waals surface area contributed by atoms with Crippen LogP contribution in [0.15, 0.2) is 45.3 Å². The number of aryl methyl sites for hydroxylation is 4. The number of ether oxygens (including phenoxy) is 3. The summed E-state index contributed by atoms with van der Waals surface area (Å²) in [4.78, 5) is 22.2. The van der Waals surface area contributed by atoms with E-state index in [1.165, 1.54) is 57.6 Å². The summed E-state index contributed by atoms with van der Waals surface area (Å²) in [6.45, 7) is 0.131. The fourth-order valence-electron chi connectivity index (χ4n) is 5.43. The summed E-state index contributed by atoms with van der Waals surface area (Å²) in [5.41, 5.74) is 5.90. The van der Waals surface area contributed by atoms with Gasteiger partial charge in [0.2, 0.25) is 0 Å². The van der Waals surface area contributed by atoms with E-state index in [1.54, 1.807) is 225 Å². The van der Waals surface area contributed by atoms with Crippen molar-refractivity contribution in [3.8, 4) is 11.5 Å². The molecule has 0 bridgehead atoms. The third-order valence-corrected chi connectivity index (χ3v) is 64.6. The molecular formula is C30H27Br2ClO6S31. The van der Waals surface area contributed by atoms with Crippen LogP contribution in [0.2, 0.25) is 0 Å². The van der Waals surface area contributed by atoms with Crippen LogP contribution in [0.4, 0.5) is 0 Å². The van der Waals surface area contributed by atoms with Gasteiger partial charge in [-0.05, 0) is 83.0 Å². The zero-order valence-electron chi connectivity index (χ0n) is 34.1. The fourth-order valence-corrected chi connectivity index (χ4v) is 69.6. The monoisotopic (exact) mass is 1670 g/mol. The molecule has 70 heavy (non-hydrogen) atoms. The van der Waals surface area contributed by atoms with Gasteiger partial charge in [-0.15, -0.1) is 0 Å². The van der Waals surface area contributed by atoms with Crippen molar-refractivity contribution < 1.29 is 28.9 Å². The maximum Gasteiger partial charge on any atom is 0.188 e. The maximum absolute atomic E-state index is 11.3. The molecule has 0 aliphatic heterocycles. The summed E-state index contributed by atoms with van der Waals surface area (Å²) in [5.74, 6) is 0.690. The van der Waals surface area contributed by atoms with Crippen LogP contribution in [0.3, 0.4) is 0 Å². The first-order valence-electron chi connectivity index (χ1n) is 17.0. The Kier molecular flexibility index (Phi) is 47.3. The predicted octanol–water partition coefficient (Wildman–Crippen LogP) is 7.47. The molecule has 2 aliphatic carbocycles. The molecule has 40 heteroatoms. The number of alkyl halides is 1. The van der Waals surface area contributed by atoms with Gasteiger partial charge in [-0.2, -0.15) is 0 Å². The highest BCUT2D eigenvalue weighted by Crippen LogP contribution is 2.43. The maximum atomic E-state index is 11.3. The lowest BCUT2D eigenvalue weighted by Gasteiger charge is -2.14. The molecule has 2 aliphatic rings. The molecule has 0 saturated carbocycles. The van der Waals surface area contributed by atoms with Gasteiger partial charge < -0.3 is 19.3 Å². The Morgan fingerprint density at radius 3 is 1.14 bits per heavy atom. The average molecular weight is 1670 g/mol. The van der Waals surface area contributed by atoms with Crippen molar-refractivity contribution in [2.24, 2.45) is 0 Å². The molecule has 390 valence electrons. The lowest BCUT2D eigenvalue weighted by molar-refractivity contribution is 0.0516. The number of aldehydes is 2. The number of phenolic OH excluding ortho intramolecular Hbond substituents is 1. The van der Waals surface area contributed by atoms with E-state index in [2.05, 4.69) is 48.7 Å². The van der Waals surface area contributed by atoms with E-state index in [0.29, 0.717) is 29.2 Å². The number of phenols is 1. The molecule has 0 amide bonds. The Hall–Kier alpha value is 4.33. The lowest BCUT2D eigenvalue weighted by Crippen LogP contribution is -2.03. The summed E-state index contributed by atoms with van der Waals surface area (Å²) in [7, 11) is 48.4. The summed E-state index contributed by atoms with van der Waals surface area (Å²) in [6.07, 6.45) is 5.49. The van der Waals surface area contributed by atoms with Gasteiger partial charge in [0.25, 0.3) is 0 Å². The second kappa shape index (κ2) is 47.0. The molecule has 6 nitrogen and oxygen atoms in total. The SMILES string of the molecule is COCCl.COCOc1c(C=O)cc2c3c(ccc(Br)c13)CC2.O=Cc1cc2c3c(ccc(Br)c3c1O)CC2.S=S=S=S=S=S=S=S=S=S=S=S=S=S=S.S=S=S=S=S=S=S=S=S=S=S=S=S=S=S=S. The first-order valence-corrected chi connectivity index (χ1v) is 57.8. The molecule has 0 aromatic heterocycles. The van der Waals surface area contributed by atoms with Gasteiger partial charge in [0.15, 0.2) is 19.4 Å². The molecule has 6 rings (SSSR count). The Morgan fingerprint density at radius 2 is 0.814 bits per heavy atom. The number of aromatic hydroxyl groups is 1. The van der Waals surface area contributed by atoms with Crippen LogP contribution in [0, 0.1) is 0 Å². The van der Waals surface area contributed by atoms with E-state index in [4.69, 9.17) is 65.8 Å². The van der Waals surface area contributed by atoms with Gasteiger partial charge in [0.05, 0.1) is 11.1 Å². The third-order valence-electron chi connectivity index (χ3n) is 7.49. The van der Waals surface area contributed by atoms with E-state index in [0.717, 1.165) is 62.6 Å². The minimum absolute atomic E-state index is 0.0874. The van der Waals surface area contributed by atoms with Crippen molar-refractivity contribution in [2.45, 2.75) is 25.7 Å². The van der Waals surface area contributed by atoms with Crippen molar-refractivity contribution in [2.75, 3.05) is 27.1 Å². The number of carbonyl (C=O) groups is 2. The molecular weight excluding hydrogens is 1650 g/mol. The van der Waals surface area contributed by atoms with Gasteiger partial charge in [-0.25, -0.2) is 0 Å². The standard InChI is InChI=1S/C15H13BrO3.C13H9BrO2.C2H5ClO.S16.S15/c1-18-8-19-15-11(7-17)6-10-3-2-9-4-5-12(16)14(15)13(9)10;14-10-4-3-7-1-2-8-5-9(6-15)13(16)12(10)11(7)8;1-4-2-3;1-3-5-7-9-11-13-15-16-14-12-10-8-6-4-2;1-3-5-7-9-11-13-15-14-12-10-8-6-4-2/h4-7H,2-3,8H2,1H3;3-6,16H,1-2H2;2H2,1H3;;. The largest absolute Gasteiger partial charge is 0.507 e. The van der Waals surface area contributed by atoms with E-state index in [1.807, 2.05) is 18.2 Å². The minimum Gasteiger partial charge on any atom is -0.507 e. The molecule has 0 saturated heterocycles. The van der Waals surface area contributed by atoms with Crippen LogP contribution in [0.1, 0.15) is 43.0 Å². The Bertz CT molecular complexity index is 3720. The second-order valence-electron chi connectivity index (χ2n) is 10.9. The summed E-state index contributed by atoms with van der Waals surface area (Å²) in [6, 6.07) is 12.2. The molecule has 0 spiro atoms. The van der Waals surface area contributed by atoms with Crippen LogP contribution in [0.25, 0.3) is 21.5 Å². The molecule has 4 aromatic rings. The minimum atomic E-state index is 0.0874. The van der Waals surface area contributed by atoms with Crippen molar-refractivity contribution in [1.29, 1.82) is 0 Å². The van der Waals surface area contributed by atoms with Gasteiger partial charge in [0.1, 0.15) is 17.6 Å². The molecule has 0 heterocycles. The molecule has 0 fully saturated rings. The predicted molar refractivity (Wildman–Crippen MR) is 389 cm³/mol. The third kappa shape index (κ3) is 28.2. The van der Waals surface area contributed by atoms with Crippen molar-refractivity contribution in [3.63, 3.8) is 0 Å². The fraction of sp³-hybridized carbons (Fsp3) is 0.267. The molecule has 0 radical (unpaired) electrons. The quantitative estimate of drug-likeness (QED) is 0.119. The number of hydrogen-bond donors (Lipinski definition) is 1. The summed E-state index contributed by atoms with van der Waals surface area (Å²) in [5, 5.41) is 14.1. The summed E-state index contributed by atoms with van der Waals surface area (Å²) >= 11 is 30.9. The van der Waals surface area contributed by atoms with Crippen molar-refractivity contribution in [3.05, 3.63) is 78.7 Å². The van der Waals surface area contributed by atoms with Gasteiger partial charge in [-0.1, -0.05) is 55.6 Å². The lowest BCUT2D eigenvalue weighted by atomic mass is 10.0. The van der Waals surface area contributed by atoms with E-state index in [9.17, 15) is 14.7 Å². The molecule has 0 unspecified atom stereocenters. The number of halogens is 3. The van der Waals surface area contributed by atoms with Gasteiger partial charge in [-0.3, -0.25) is 9.59 Å². The normalized spacial score (nSPS) is 10.2. The molecule has 4 aromatic carbocycles. The van der Waals surface area contributed by atoms with Crippen LogP contribution in [-0.4, -0.2) is 44.8 Å². The number of rotatable bonds is 6. The number of benzene rings is 4. The van der Waals surface area contributed by atoms with Gasteiger partial charge >= 0.3 is 0 Å². The smallest absolute Gasteiger partial charge is 0.188 e. The van der Waals surface area contributed by atoms with Crippen LogP contribution < -0.4 is 4.74 Å². The second-order valence-corrected chi connectivity index (χ2v) is 60.6. The highest BCUT2D eigenvalue weighted by molar-refractivity contribution is 9.11. The number of carbonyl (C=O) groups excluding carboxylic acids is 2. The van der Waals surface area contributed by atoms with Crippen LogP contribution in [0.5, 0.6) is 11.5 Å². The number of methoxy groups -OCH3 is 2. The van der Waals surface area contributed by atoms with Gasteiger partial charge in [0, 0.05) is 318 Å². The Balaban J connectivity index is 0.000000313. The Labute approximate surface area is 523 Å². The molecule has 1 N–H and O–H groups in total. The Morgan fingerprint density at radius 1 is 0.500 bits per heavy atom. The first-order chi connectivity index (χ1) is 34.2. The van der Waals surface area contributed by atoms with Crippen molar-refractivity contribution in [1.82, 2.24) is 0 Å². The highest BCUT2D eigenvalue weighted by atomic mass is 79.9. The molecule has 0 atom stereocenters. The van der Waals surface area contributed by atoms with E-state index >= 15 is 0 Å². The average Bonchev–Trinajstić information content (AvgIpc) is 4.00. The number of hydrogen-bond acceptors (Lipinski definition) is 10.